The summed E-state index contributed by atoms with van der Waals surface area (Å²) >= 11 is 1.45. The summed E-state index contributed by atoms with van der Waals surface area (Å²) in [6.45, 7) is 1.88. The van der Waals surface area contributed by atoms with Crippen LogP contribution < -0.4 is 10.9 Å². The minimum atomic E-state index is -0.284. The van der Waals surface area contributed by atoms with Crippen molar-refractivity contribution in [3.8, 4) is 0 Å². The molecular formula is C14H15N5O2S. The summed E-state index contributed by atoms with van der Waals surface area (Å²) in [7, 11) is 0. The third-order valence-electron chi connectivity index (χ3n) is 2.61. The van der Waals surface area contributed by atoms with Crippen molar-refractivity contribution in [1.29, 1.82) is 0 Å². The minimum absolute atomic E-state index is 0.190. The summed E-state index contributed by atoms with van der Waals surface area (Å²) < 4.78 is 0. The number of thioether (sulfide) groups is 1. The zero-order valence-electron chi connectivity index (χ0n) is 12.2. The predicted octanol–water partition coefficient (Wildman–Crippen LogP) is 0.920. The largest absolute Gasteiger partial charge is 0.347 e. The van der Waals surface area contributed by atoms with E-state index in [0.717, 1.165) is 5.56 Å². The third kappa shape index (κ3) is 4.81. The molecular weight excluding hydrogens is 302 g/mol. The molecule has 0 bridgehead atoms. The quantitative estimate of drug-likeness (QED) is 0.483. The van der Waals surface area contributed by atoms with Crippen molar-refractivity contribution in [2.45, 2.75) is 18.6 Å². The number of H-pyrrole nitrogens is 1. The molecule has 8 heteroatoms. The number of nitrogens with one attached hydrogen (secondary N) is 2. The van der Waals surface area contributed by atoms with Crippen LogP contribution in [-0.4, -0.2) is 32.1 Å². The normalized spacial score (nSPS) is 10.8. The van der Waals surface area contributed by atoms with Gasteiger partial charge in [-0.2, -0.15) is 0 Å². The highest BCUT2D eigenvalue weighted by atomic mass is 32.2. The average Bonchev–Trinajstić information content (AvgIpc) is 2.50. The Kier molecular flexibility index (Phi) is 5.42. The topological polar surface area (TPSA) is 101 Å². The summed E-state index contributed by atoms with van der Waals surface area (Å²) in [5.41, 5.74) is 1.01. The molecule has 2 aromatic rings. The molecule has 0 unspecified atom stereocenters. The second-order valence-electron chi connectivity index (χ2n) is 4.38. The third-order valence-corrected chi connectivity index (χ3v) is 3.19. The fraction of sp³-hybridized carbons (Fsp3) is 0.214. The molecule has 2 N–H and O–H groups in total. The maximum Gasteiger partial charge on any atom is 0.251 e. The Morgan fingerprint density at radius 3 is 2.77 bits per heavy atom. The molecule has 0 aliphatic carbocycles. The molecule has 7 nitrogen and oxygen atoms in total. The summed E-state index contributed by atoms with van der Waals surface area (Å²) in [6.07, 6.45) is 8.19. The van der Waals surface area contributed by atoms with Gasteiger partial charge in [0.2, 0.25) is 5.91 Å². The number of rotatable bonds is 5. The van der Waals surface area contributed by atoms with E-state index in [9.17, 15) is 9.59 Å². The lowest BCUT2D eigenvalue weighted by Crippen LogP contribution is -2.22. The minimum Gasteiger partial charge on any atom is -0.347 e. The van der Waals surface area contributed by atoms with Gasteiger partial charge >= 0.3 is 0 Å². The summed E-state index contributed by atoms with van der Waals surface area (Å²) in [6, 6.07) is 1.35. The molecule has 0 saturated carbocycles. The van der Waals surface area contributed by atoms with Crippen LogP contribution in [0.25, 0.3) is 6.08 Å². The van der Waals surface area contributed by atoms with Gasteiger partial charge in [0.25, 0.3) is 5.56 Å². The van der Waals surface area contributed by atoms with Crippen LogP contribution in [0.1, 0.15) is 17.1 Å². The fourth-order valence-corrected chi connectivity index (χ4v) is 1.97. The number of hydrogen-bond acceptors (Lipinski definition) is 6. The van der Waals surface area contributed by atoms with Gasteiger partial charge in [0, 0.05) is 30.1 Å². The standard InChI is InChI=1S/C14H15N5O2S/c1-9-18-11(5-13(21)19-9)8-15-12(20)4-3-10-6-16-14(22-2)17-7-10/h3-7H,8H2,1-2H3,(H,15,20)(H,18,19,21). The van der Waals surface area contributed by atoms with E-state index in [1.165, 1.54) is 23.9 Å². The Labute approximate surface area is 131 Å². The van der Waals surface area contributed by atoms with Gasteiger partial charge in [0.15, 0.2) is 5.16 Å². The van der Waals surface area contributed by atoms with Crippen LogP contribution in [-0.2, 0) is 11.3 Å². The molecule has 2 rings (SSSR count). The number of aryl methyl sites for hydroxylation is 1. The van der Waals surface area contributed by atoms with Crippen LogP contribution >= 0.6 is 11.8 Å². The Balaban J connectivity index is 1.91. The van der Waals surface area contributed by atoms with Crippen LogP contribution in [0.4, 0.5) is 0 Å². The molecule has 0 fully saturated rings. The molecule has 114 valence electrons. The number of aromatic nitrogens is 4. The van der Waals surface area contributed by atoms with E-state index in [4.69, 9.17) is 0 Å². The van der Waals surface area contributed by atoms with Crippen LogP contribution in [0, 0.1) is 6.92 Å². The molecule has 0 aliphatic heterocycles. The first kappa shape index (κ1) is 15.9. The SMILES string of the molecule is CSc1ncc(C=CC(=O)NCc2cc(=O)[nH]c(C)n2)cn1. The van der Waals surface area contributed by atoms with Crippen molar-refractivity contribution in [2.24, 2.45) is 0 Å². The maximum atomic E-state index is 11.7. The van der Waals surface area contributed by atoms with Gasteiger partial charge in [-0.15, -0.1) is 0 Å². The summed E-state index contributed by atoms with van der Waals surface area (Å²) in [5, 5.41) is 3.34. The molecule has 0 atom stereocenters. The van der Waals surface area contributed by atoms with Crippen molar-refractivity contribution in [3.05, 3.63) is 52.0 Å². The lowest BCUT2D eigenvalue weighted by molar-refractivity contribution is -0.116. The predicted molar refractivity (Wildman–Crippen MR) is 84.3 cm³/mol. The van der Waals surface area contributed by atoms with E-state index in [-0.39, 0.29) is 18.0 Å². The van der Waals surface area contributed by atoms with Crippen molar-refractivity contribution in [1.82, 2.24) is 25.3 Å². The van der Waals surface area contributed by atoms with Crippen LogP contribution in [0.3, 0.4) is 0 Å². The first-order chi connectivity index (χ1) is 10.6. The van der Waals surface area contributed by atoms with E-state index in [1.807, 2.05) is 6.26 Å². The smallest absolute Gasteiger partial charge is 0.251 e. The highest BCUT2D eigenvalue weighted by Gasteiger charge is 2.01. The van der Waals surface area contributed by atoms with E-state index < -0.39 is 0 Å². The van der Waals surface area contributed by atoms with Crippen LogP contribution in [0.2, 0.25) is 0 Å². The highest BCUT2D eigenvalue weighted by molar-refractivity contribution is 7.98. The van der Waals surface area contributed by atoms with E-state index in [0.29, 0.717) is 16.7 Å². The lowest BCUT2D eigenvalue weighted by Gasteiger charge is -2.02. The zero-order valence-corrected chi connectivity index (χ0v) is 13.0. The molecule has 0 saturated heterocycles. The first-order valence-corrected chi connectivity index (χ1v) is 7.68. The molecule has 22 heavy (non-hydrogen) atoms. The maximum absolute atomic E-state index is 11.7. The van der Waals surface area contributed by atoms with E-state index >= 15 is 0 Å². The van der Waals surface area contributed by atoms with Crippen molar-refractivity contribution >= 4 is 23.7 Å². The Morgan fingerprint density at radius 1 is 1.41 bits per heavy atom. The number of aromatic amines is 1. The molecule has 0 aromatic carbocycles. The number of carbonyl (C=O) groups excluding carboxylic acids is 1. The Bertz CT molecular complexity index is 740. The molecule has 2 heterocycles. The van der Waals surface area contributed by atoms with Crippen molar-refractivity contribution in [3.63, 3.8) is 0 Å². The van der Waals surface area contributed by atoms with E-state index in [1.54, 1.807) is 25.4 Å². The Hall–Kier alpha value is -2.48. The summed E-state index contributed by atoms with van der Waals surface area (Å²) in [5.74, 6) is 0.229. The molecule has 0 spiro atoms. The fourth-order valence-electron chi connectivity index (χ4n) is 1.66. The average molecular weight is 317 g/mol. The van der Waals surface area contributed by atoms with Gasteiger partial charge in [-0.3, -0.25) is 9.59 Å². The van der Waals surface area contributed by atoms with Crippen molar-refractivity contribution < 1.29 is 4.79 Å². The molecule has 2 aromatic heterocycles. The molecule has 1 amide bonds. The van der Waals surface area contributed by atoms with Crippen LogP contribution in [0.15, 0.2) is 34.5 Å². The second kappa shape index (κ2) is 7.51. The van der Waals surface area contributed by atoms with Gasteiger partial charge in [-0.05, 0) is 19.3 Å². The van der Waals surface area contributed by atoms with Gasteiger partial charge in [-0.25, -0.2) is 15.0 Å². The van der Waals surface area contributed by atoms with Gasteiger partial charge < -0.3 is 10.3 Å². The molecule has 0 aliphatic rings. The van der Waals surface area contributed by atoms with Crippen LogP contribution in [0.5, 0.6) is 0 Å². The second-order valence-corrected chi connectivity index (χ2v) is 5.15. The Morgan fingerprint density at radius 2 is 2.14 bits per heavy atom. The van der Waals surface area contributed by atoms with Gasteiger partial charge in [-0.1, -0.05) is 11.8 Å². The van der Waals surface area contributed by atoms with E-state index in [2.05, 4.69) is 25.3 Å². The highest BCUT2D eigenvalue weighted by Crippen LogP contribution is 2.07. The molecule has 0 radical (unpaired) electrons. The number of amides is 1. The monoisotopic (exact) mass is 317 g/mol. The van der Waals surface area contributed by atoms with Gasteiger partial charge in [0.1, 0.15) is 5.82 Å². The number of nitrogens with zero attached hydrogens (tertiary/aromatic N) is 3. The summed E-state index contributed by atoms with van der Waals surface area (Å²) in [4.78, 5) is 37.9. The number of hydrogen-bond donors (Lipinski definition) is 2. The van der Waals surface area contributed by atoms with Gasteiger partial charge in [0.05, 0.1) is 12.2 Å². The zero-order chi connectivity index (χ0) is 15.9. The first-order valence-electron chi connectivity index (χ1n) is 6.45. The number of carbonyl (C=O) groups is 1. The lowest BCUT2D eigenvalue weighted by atomic mass is 10.3. The van der Waals surface area contributed by atoms with Crippen molar-refractivity contribution in [2.75, 3.05) is 6.26 Å².